The second-order valence-electron chi connectivity index (χ2n) is 7.14. The van der Waals surface area contributed by atoms with Crippen LogP contribution < -0.4 is 14.7 Å². The molecule has 2 N–H and O–H groups in total. The number of carbonyl (C=O) groups excluding carboxylic acids is 1. The Bertz CT molecular complexity index is 1100. The van der Waals surface area contributed by atoms with Gasteiger partial charge in [-0.2, -0.15) is 8.42 Å². The van der Waals surface area contributed by atoms with Crippen molar-refractivity contribution >= 4 is 22.0 Å². The molecule has 0 aromatic heterocycles. The van der Waals surface area contributed by atoms with E-state index in [1.807, 2.05) is 31.2 Å². The third-order valence-electron chi connectivity index (χ3n) is 4.76. The van der Waals surface area contributed by atoms with Crippen LogP contribution in [0.3, 0.4) is 0 Å². The number of carbonyl (C=O) groups is 1. The number of guanidine groups is 1. The number of hydrogen-bond donors (Lipinski definition) is 1. The van der Waals surface area contributed by atoms with E-state index in [0.29, 0.717) is 11.3 Å². The molecule has 0 spiro atoms. The largest absolute Gasteiger partial charge is 0.497 e. The average Bonchev–Trinajstić information content (AvgIpc) is 2.64. The highest BCUT2D eigenvalue weighted by Crippen LogP contribution is 2.36. The molecule has 0 fully saturated rings. The van der Waals surface area contributed by atoms with Crippen LogP contribution in [-0.2, 0) is 20.5 Å². The topological polar surface area (TPSA) is 111 Å². The first-order valence-electron chi connectivity index (χ1n) is 8.82. The fraction of sp³-hybridized carbons (Fsp3) is 0.300. The van der Waals surface area contributed by atoms with Crippen LogP contribution >= 0.6 is 0 Å². The average molecular weight is 417 g/mol. The number of nitrogens with two attached hydrogens (primary N) is 1. The summed E-state index contributed by atoms with van der Waals surface area (Å²) in [6.07, 6.45) is 1.17. The molecule has 8 nitrogen and oxygen atoms in total. The summed E-state index contributed by atoms with van der Waals surface area (Å²) >= 11 is 0. The number of amides is 1. The lowest BCUT2D eigenvalue weighted by Crippen LogP contribution is -2.47. The summed E-state index contributed by atoms with van der Waals surface area (Å²) in [4.78, 5) is 18.1. The van der Waals surface area contributed by atoms with Gasteiger partial charge in [0.25, 0.3) is 0 Å². The third-order valence-corrected chi connectivity index (χ3v) is 5.25. The molecule has 2 aromatic carbocycles. The highest BCUT2D eigenvalue weighted by Gasteiger charge is 2.36. The van der Waals surface area contributed by atoms with Crippen molar-refractivity contribution in [2.24, 2.45) is 10.7 Å². The number of nitrogens with zero attached hydrogens (tertiary/aromatic N) is 2. The number of methoxy groups -OCH3 is 1. The molecule has 29 heavy (non-hydrogen) atoms. The third kappa shape index (κ3) is 4.51. The first-order chi connectivity index (χ1) is 13.5. The predicted molar refractivity (Wildman–Crippen MR) is 110 cm³/mol. The molecule has 0 unspecified atom stereocenters. The van der Waals surface area contributed by atoms with Gasteiger partial charge in [-0.3, -0.25) is 9.69 Å². The molecule has 2 aromatic rings. The Kier molecular flexibility index (Phi) is 5.27. The second kappa shape index (κ2) is 7.40. The van der Waals surface area contributed by atoms with Crippen molar-refractivity contribution in [1.29, 1.82) is 0 Å². The molecule has 0 aliphatic carbocycles. The number of benzene rings is 2. The summed E-state index contributed by atoms with van der Waals surface area (Å²) in [7, 11) is -0.601. The molecular formula is C20H23N3O5S. The lowest BCUT2D eigenvalue weighted by atomic mass is 9.86. The molecule has 1 atom stereocenters. The van der Waals surface area contributed by atoms with Crippen LogP contribution in [0.15, 0.2) is 47.5 Å². The number of ether oxygens (including phenoxy) is 1. The number of aliphatic imine (C=N–C) groups is 1. The van der Waals surface area contributed by atoms with E-state index in [1.165, 1.54) is 18.1 Å². The molecule has 1 aliphatic rings. The molecular weight excluding hydrogens is 394 g/mol. The van der Waals surface area contributed by atoms with Gasteiger partial charge in [0.05, 0.1) is 25.3 Å². The minimum Gasteiger partial charge on any atom is -0.497 e. The minimum absolute atomic E-state index is 0.115. The summed E-state index contributed by atoms with van der Waals surface area (Å²) in [6, 6.07) is 12.4. The Morgan fingerprint density at radius 1 is 1.14 bits per heavy atom. The van der Waals surface area contributed by atoms with Gasteiger partial charge < -0.3 is 14.7 Å². The van der Waals surface area contributed by atoms with Crippen molar-refractivity contribution in [3.63, 3.8) is 0 Å². The summed E-state index contributed by atoms with van der Waals surface area (Å²) in [5, 5.41) is 0. The zero-order valence-corrected chi connectivity index (χ0v) is 17.5. The molecule has 154 valence electrons. The van der Waals surface area contributed by atoms with E-state index < -0.39 is 15.7 Å². The summed E-state index contributed by atoms with van der Waals surface area (Å²) in [5.41, 5.74) is 7.42. The van der Waals surface area contributed by atoms with Crippen molar-refractivity contribution in [3.05, 3.63) is 48.0 Å². The molecule has 0 bridgehead atoms. The molecule has 0 radical (unpaired) electrons. The summed E-state index contributed by atoms with van der Waals surface area (Å²) in [5.74, 6) is 0.652. The monoisotopic (exact) mass is 417 g/mol. The maximum Gasteiger partial charge on any atom is 0.306 e. The van der Waals surface area contributed by atoms with Crippen molar-refractivity contribution < 1.29 is 22.1 Å². The van der Waals surface area contributed by atoms with Crippen LogP contribution in [0.25, 0.3) is 11.1 Å². The fourth-order valence-electron chi connectivity index (χ4n) is 3.19. The van der Waals surface area contributed by atoms with Gasteiger partial charge in [0.2, 0.25) is 5.91 Å². The molecule has 1 heterocycles. The smallest absolute Gasteiger partial charge is 0.306 e. The van der Waals surface area contributed by atoms with Gasteiger partial charge in [-0.15, -0.1) is 0 Å². The zero-order valence-electron chi connectivity index (χ0n) is 16.7. The highest BCUT2D eigenvalue weighted by molar-refractivity contribution is 7.86. The quantitative estimate of drug-likeness (QED) is 0.746. The SMILES string of the molecule is COc1cc(OS(C)(=O)=O)cc(-c2cccc([C@]3(C)CC(=O)N(C)C(N)=N3)c2)c1. The van der Waals surface area contributed by atoms with E-state index >= 15 is 0 Å². The van der Waals surface area contributed by atoms with Gasteiger partial charge in [-0.05, 0) is 41.8 Å². The minimum atomic E-state index is -3.68. The van der Waals surface area contributed by atoms with Crippen molar-refractivity contribution in [2.45, 2.75) is 18.9 Å². The lowest BCUT2D eigenvalue weighted by molar-refractivity contribution is -0.128. The maximum atomic E-state index is 12.3. The van der Waals surface area contributed by atoms with Gasteiger partial charge in [-0.1, -0.05) is 18.2 Å². The van der Waals surface area contributed by atoms with Gasteiger partial charge in [-0.25, -0.2) is 4.99 Å². The first kappa shape index (κ1) is 20.7. The van der Waals surface area contributed by atoms with Crippen LogP contribution in [-0.4, -0.2) is 45.6 Å². The van der Waals surface area contributed by atoms with E-state index in [2.05, 4.69) is 4.99 Å². The molecule has 0 saturated heterocycles. The molecule has 9 heteroatoms. The summed E-state index contributed by atoms with van der Waals surface area (Å²) < 4.78 is 33.3. The molecule has 0 saturated carbocycles. The van der Waals surface area contributed by atoms with E-state index in [-0.39, 0.29) is 24.0 Å². The van der Waals surface area contributed by atoms with Crippen molar-refractivity contribution in [1.82, 2.24) is 4.90 Å². The Balaban J connectivity index is 2.06. The lowest BCUT2D eigenvalue weighted by Gasteiger charge is -2.33. The van der Waals surface area contributed by atoms with Crippen LogP contribution in [0.4, 0.5) is 0 Å². The van der Waals surface area contributed by atoms with Crippen LogP contribution in [0.2, 0.25) is 0 Å². The van der Waals surface area contributed by atoms with Crippen molar-refractivity contribution in [2.75, 3.05) is 20.4 Å². The Morgan fingerprint density at radius 3 is 2.45 bits per heavy atom. The Labute approximate surface area is 170 Å². The van der Waals surface area contributed by atoms with E-state index in [4.69, 9.17) is 14.7 Å². The normalized spacial score (nSPS) is 19.7. The van der Waals surface area contributed by atoms with E-state index in [0.717, 1.165) is 17.4 Å². The van der Waals surface area contributed by atoms with Crippen molar-refractivity contribution in [3.8, 4) is 22.6 Å². The standard InChI is InChI=1S/C20H23N3O5S/c1-20(12-18(24)23(2)19(21)22-20)15-7-5-6-13(8-15)14-9-16(27-3)11-17(10-14)28-29(4,25)26/h5-11H,12H2,1-4H3,(H2,21,22)/t20-/m0/s1. The van der Waals surface area contributed by atoms with E-state index in [1.54, 1.807) is 19.2 Å². The van der Waals surface area contributed by atoms with Crippen LogP contribution in [0.5, 0.6) is 11.5 Å². The van der Waals surface area contributed by atoms with Gasteiger partial charge in [0.1, 0.15) is 11.5 Å². The second-order valence-corrected chi connectivity index (χ2v) is 8.71. The highest BCUT2D eigenvalue weighted by atomic mass is 32.2. The van der Waals surface area contributed by atoms with Gasteiger partial charge in [0, 0.05) is 13.1 Å². The maximum absolute atomic E-state index is 12.3. The molecule has 1 amide bonds. The number of hydrogen-bond acceptors (Lipinski definition) is 7. The zero-order chi connectivity index (χ0) is 21.4. The number of rotatable bonds is 5. The van der Waals surface area contributed by atoms with Crippen LogP contribution in [0.1, 0.15) is 18.9 Å². The fourth-order valence-corrected chi connectivity index (χ4v) is 3.63. The van der Waals surface area contributed by atoms with Gasteiger partial charge >= 0.3 is 10.1 Å². The first-order valence-corrected chi connectivity index (χ1v) is 10.6. The van der Waals surface area contributed by atoms with E-state index in [9.17, 15) is 13.2 Å². The molecule has 1 aliphatic heterocycles. The van der Waals surface area contributed by atoms with Crippen LogP contribution in [0, 0.1) is 0 Å². The Morgan fingerprint density at radius 2 is 1.83 bits per heavy atom. The predicted octanol–water partition coefficient (Wildman–Crippen LogP) is 2.09. The Hall–Kier alpha value is -3.07. The van der Waals surface area contributed by atoms with Gasteiger partial charge in [0.15, 0.2) is 5.96 Å². The summed E-state index contributed by atoms with van der Waals surface area (Å²) in [6.45, 7) is 1.85. The molecule has 3 rings (SSSR count).